The van der Waals surface area contributed by atoms with Gasteiger partial charge in [0.1, 0.15) is 5.75 Å². The lowest BCUT2D eigenvalue weighted by molar-refractivity contribution is 0.102. The van der Waals surface area contributed by atoms with Crippen LogP contribution in [0.15, 0.2) is 71.6 Å². The molecule has 0 aliphatic rings. The number of halogens is 2. The zero-order valence-electron chi connectivity index (χ0n) is 16.1. The Labute approximate surface area is 185 Å². The van der Waals surface area contributed by atoms with Gasteiger partial charge in [0.2, 0.25) is 0 Å². The van der Waals surface area contributed by atoms with Gasteiger partial charge >= 0.3 is 0 Å². The van der Waals surface area contributed by atoms with Gasteiger partial charge in [-0.3, -0.25) is 9.10 Å². The van der Waals surface area contributed by atoms with Crippen LogP contribution >= 0.6 is 23.2 Å². The summed E-state index contributed by atoms with van der Waals surface area (Å²) in [6.07, 6.45) is 0. The van der Waals surface area contributed by atoms with E-state index in [2.05, 4.69) is 5.32 Å². The van der Waals surface area contributed by atoms with Crippen LogP contribution in [0, 0.1) is 0 Å². The number of para-hydroxylation sites is 1. The van der Waals surface area contributed by atoms with Crippen molar-refractivity contribution in [3.63, 3.8) is 0 Å². The second-order valence-corrected chi connectivity index (χ2v) is 9.03. The van der Waals surface area contributed by atoms with Crippen LogP contribution in [0.1, 0.15) is 10.4 Å². The molecule has 6 nitrogen and oxygen atoms in total. The normalized spacial score (nSPS) is 11.1. The standard InChI is InChI=1S/C21H18Cl2N2O4S/c1-25(30(27,28)17-12-10-16(29-2)11-13-17)15-8-6-14(7-9-15)21(26)24-20-18(22)4-3-5-19(20)23/h3-13H,1-2H3,(H,24,26). The summed E-state index contributed by atoms with van der Waals surface area (Å²) in [6.45, 7) is 0. The Morgan fingerprint density at radius 3 is 2.03 bits per heavy atom. The molecule has 3 rings (SSSR count). The van der Waals surface area contributed by atoms with E-state index in [1.807, 2.05) is 0 Å². The molecule has 0 saturated carbocycles. The molecule has 30 heavy (non-hydrogen) atoms. The van der Waals surface area contributed by atoms with Crippen molar-refractivity contribution in [3.05, 3.63) is 82.3 Å². The first-order chi connectivity index (χ1) is 14.2. The zero-order valence-corrected chi connectivity index (χ0v) is 18.4. The molecule has 0 spiro atoms. The Kier molecular flexibility index (Phi) is 6.55. The number of rotatable bonds is 6. The number of hydrogen-bond donors (Lipinski definition) is 1. The number of carbonyl (C=O) groups is 1. The van der Waals surface area contributed by atoms with Gasteiger partial charge in [0.15, 0.2) is 0 Å². The first kappa shape index (κ1) is 22.0. The number of anilines is 2. The largest absolute Gasteiger partial charge is 0.497 e. The Bertz CT molecular complexity index is 1140. The number of benzene rings is 3. The van der Waals surface area contributed by atoms with E-state index in [0.29, 0.717) is 32.7 Å². The molecule has 0 aliphatic carbocycles. The highest BCUT2D eigenvalue weighted by Gasteiger charge is 2.21. The predicted molar refractivity (Wildman–Crippen MR) is 119 cm³/mol. The van der Waals surface area contributed by atoms with Crippen molar-refractivity contribution in [1.82, 2.24) is 0 Å². The minimum atomic E-state index is -3.77. The van der Waals surface area contributed by atoms with E-state index in [0.717, 1.165) is 4.31 Å². The molecule has 9 heteroatoms. The third kappa shape index (κ3) is 4.53. The van der Waals surface area contributed by atoms with Crippen molar-refractivity contribution in [2.24, 2.45) is 0 Å². The van der Waals surface area contributed by atoms with Crippen LogP contribution in [-0.2, 0) is 10.0 Å². The average molecular weight is 465 g/mol. The van der Waals surface area contributed by atoms with E-state index in [4.69, 9.17) is 27.9 Å². The SMILES string of the molecule is COc1ccc(S(=O)(=O)N(C)c2ccc(C(=O)Nc3c(Cl)cccc3Cl)cc2)cc1. The fraction of sp³-hybridized carbons (Fsp3) is 0.0952. The molecular weight excluding hydrogens is 447 g/mol. The van der Waals surface area contributed by atoms with Gasteiger partial charge in [-0.1, -0.05) is 29.3 Å². The van der Waals surface area contributed by atoms with Gasteiger partial charge in [0.25, 0.3) is 15.9 Å². The molecule has 0 unspecified atom stereocenters. The van der Waals surface area contributed by atoms with E-state index >= 15 is 0 Å². The van der Waals surface area contributed by atoms with Crippen molar-refractivity contribution < 1.29 is 17.9 Å². The highest BCUT2D eigenvalue weighted by Crippen LogP contribution is 2.30. The van der Waals surface area contributed by atoms with Gasteiger partial charge < -0.3 is 10.1 Å². The van der Waals surface area contributed by atoms with Crippen molar-refractivity contribution in [1.29, 1.82) is 0 Å². The smallest absolute Gasteiger partial charge is 0.264 e. The Morgan fingerprint density at radius 1 is 0.933 bits per heavy atom. The second-order valence-electron chi connectivity index (χ2n) is 6.25. The van der Waals surface area contributed by atoms with Gasteiger partial charge in [-0.15, -0.1) is 0 Å². The molecule has 0 aromatic heterocycles. The topological polar surface area (TPSA) is 75.7 Å². The van der Waals surface area contributed by atoms with Gasteiger partial charge in [-0.25, -0.2) is 8.42 Å². The lowest BCUT2D eigenvalue weighted by Crippen LogP contribution is -2.26. The third-order valence-electron chi connectivity index (χ3n) is 4.41. The maximum absolute atomic E-state index is 12.8. The summed E-state index contributed by atoms with van der Waals surface area (Å²) < 4.78 is 31.9. The maximum atomic E-state index is 12.8. The van der Waals surface area contributed by atoms with Crippen LogP contribution in [0.25, 0.3) is 0 Å². The fourth-order valence-electron chi connectivity index (χ4n) is 2.67. The molecule has 3 aromatic carbocycles. The van der Waals surface area contributed by atoms with E-state index < -0.39 is 15.9 Å². The number of nitrogens with zero attached hydrogens (tertiary/aromatic N) is 1. The van der Waals surface area contributed by atoms with E-state index in [-0.39, 0.29) is 4.90 Å². The molecule has 0 saturated heterocycles. The number of methoxy groups -OCH3 is 1. The Hall–Kier alpha value is -2.74. The molecule has 0 fully saturated rings. The van der Waals surface area contributed by atoms with Crippen LogP contribution in [0.2, 0.25) is 10.0 Å². The summed E-state index contributed by atoms with van der Waals surface area (Å²) in [5, 5.41) is 3.30. The molecule has 0 aliphatic heterocycles. The van der Waals surface area contributed by atoms with Crippen molar-refractivity contribution in [2.45, 2.75) is 4.90 Å². The van der Waals surface area contributed by atoms with Crippen LogP contribution in [-0.4, -0.2) is 28.5 Å². The fourth-order valence-corrected chi connectivity index (χ4v) is 4.36. The second kappa shape index (κ2) is 8.95. The number of amides is 1. The van der Waals surface area contributed by atoms with Gasteiger partial charge in [0.05, 0.1) is 33.4 Å². The third-order valence-corrected chi connectivity index (χ3v) is 6.84. The summed E-state index contributed by atoms with van der Waals surface area (Å²) in [4.78, 5) is 12.6. The quantitative estimate of drug-likeness (QED) is 0.551. The summed E-state index contributed by atoms with van der Waals surface area (Å²) in [7, 11) is -0.818. The number of sulfonamides is 1. The lowest BCUT2D eigenvalue weighted by atomic mass is 10.2. The molecule has 0 heterocycles. The molecule has 3 aromatic rings. The van der Waals surface area contributed by atoms with E-state index in [9.17, 15) is 13.2 Å². The molecule has 1 N–H and O–H groups in total. The van der Waals surface area contributed by atoms with Crippen LogP contribution in [0.4, 0.5) is 11.4 Å². The number of nitrogens with one attached hydrogen (secondary N) is 1. The molecule has 0 radical (unpaired) electrons. The summed E-state index contributed by atoms with van der Waals surface area (Å²) in [5.74, 6) is 0.141. The summed E-state index contributed by atoms with van der Waals surface area (Å²) >= 11 is 12.1. The average Bonchev–Trinajstić information content (AvgIpc) is 2.76. The predicted octanol–water partition coefficient (Wildman–Crippen LogP) is 5.08. The first-order valence-electron chi connectivity index (χ1n) is 8.72. The number of carbonyl (C=O) groups excluding carboxylic acids is 1. The summed E-state index contributed by atoms with van der Waals surface area (Å²) in [6, 6.07) is 17.1. The molecule has 0 atom stereocenters. The molecular formula is C21H18Cl2N2O4S. The maximum Gasteiger partial charge on any atom is 0.264 e. The molecule has 0 bridgehead atoms. The van der Waals surface area contributed by atoms with Crippen molar-refractivity contribution >= 4 is 50.5 Å². The van der Waals surface area contributed by atoms with Crippen molar-refractivity contribution in [2.75, 3.05) is 23.8 Å². The highest BCUT2D eigenvalue weighted by atomic mass is 35.5. The Balaban J connectivity index is 1.79. The van der Waals surface area contributed by atoms with Gasteiger partial charge in [-0.2, -0.15) is 0 Å². The van der Waals surface area contributed by atoms with Gasteiger partial charge in [-0.05, 0) is 60.7 Å². The minimum Gasteiger partial charge on any atom is -0.497 e. The van der Waals surface area contributed by atoms with Crippen LogP contribution in [0.3, 0.4) is 0 Å². The molecule has 1 amide bonds. The van der Waals surface area contributed by atoms with Crippen molar-refractivity contribution in [3.8, 4) is 5.75 Å². The lowest BCUT2D eigenvalue weighted by Gasteiger charge is -2.20. The van der Waals surface area contributed by atoms with Gasteiger partial charge in [0, 0.05) is 12.6 Å². The van der Waals surface area contributed by atoms with E-state index in [1.54, 1.807) is 42.5 Å². The monoisotopic (exact) mass is 464 g/mol. The van der Waals surface area contributed by atoms with Crippen LogP contribution < -0.4 is 14.4 Å². The molecule has 156 valence electrons. The Morgan fingerprint density at radius 2 is 1.50 bits per heavy atom. The first-order valence-corrected chi connectivity index (χ1v) is 10.9. The highest BCUT2D eigenvalue weighted by molar-refractivity contribution is 7.92. The summed E-state index contributed by atoms with van der Waals surface area (Å²) in [5.41, 5.74) is 1.04. The number of ether oxygens (including phenoxy) is 1. The van der Waals surface area contributed by atoms with E-state index in [1.165, 1.54) is 38.4 Å². The van der Waals surface area contributed by atoms with Crippen LogP contribution in [0.5, 0.6) is 5.75 Å². The zero-order chi connectivity index (χ0) is 21.9. The minimum absolute atomic E-state index is 0.126. The number of hydrogen-bond acceptors (Lipinski definition) is 4.